The van der Waals surface area contributed by atoms with E-state index in [1.54, 1.807) is 0 Å². The van der Waals surface area contributed by atoms with Crippen molar-refractivity contribution in [1.29, 1.82) is 0 Å². The fraction of sp³-hybridized carbons (Fsp3) is 0.421. The van der Waals surface area contributed by atoms with E-state index in [4.69, 9.17) is 0 Å². The minimum absolute atomic E-state index is 0.0155. The van der Waals surface area contributed by atoms with Crippen molar-refractivity contribution in [3.8, 4) is 0 Å². The van der Waals surface area contributed by atoms with Gasteiger partial charge in [0.15, 0.2) is 11.6 Å². The molecule has 2 saturated heterocycles. The predicted octanol–water partition coefficient (Wildman–Crippen LogP) is 0.851. The van der Waals surface area contributed by atoms with Gasteiger partial charge in [-0.25, -0.2) is 4.98 Å². The van der Waals surface area contributed by atoms with Crippen molar-refractivity contribution in [2.24, 2.45) is 0 Å². The molecule has 0 radical (unpaired) electrons. The van der Waals surface area contributed by atoms with Gasteiger partial charge >= 0.3 is 0 Å². The normalized spacial score (nSPS) is 19.5. The number of aryl methyl sites for hydroxylation is 1. The van der Waals surface area contributed by atoms with Crippen LogP contribution in [-0.2, 0) is 9.59 Å². The molecular formula is C19H23N7O2. The van der Waals surface area contributed by atoms with E-state index in [-0.39, 0.29) is 17.9 Å². The summed E-state index contributed by atoms with van der Waals surface area (Å²) in [7, 11) is 0. The van der Waals surface area contributed by atoms with Crippen LogP contribution in [0.3, 0.4) is 0 Å². The van der Waals surface area contributed by atoms with Crippen LogP contribution in [0.25, 0.3) is 0 Å². The molecule has 2 N–H and O–H groups in total. The van der Waals surface area contributed by atoms with Gasteiger partial charge in [0.2, 0.25) is 11.8 Å². The van der Waals surface area contributed by atoms with Crippen molar-refractivity contribution in [2.75, 3.05) is 36.4 Å². The first-order valence-electron chi connectivity index (χ1n) is 9.46. The monoisotopic (exact) mass is 381 g/mol. The van der Waals surface area contributed by atoms with E-state index in [1.807, 2.05) is 42.2 Å². The van der Waals surface area contributed by atoms with Crippen LogP contribution in [0.2, 0.25) is 0 Å². The second-order valence-corrected chi connectivity index (χ2v) is 7.04. The summed E-state index contributed by atoms with van der Waals surface area (Å²) in [5.74, 6) is 2.12. The minimum Gasteiger partial charge on any atom is -0.352 e. The van der Waals surface area contributed by atoms with Crippen molar-refractivity contribution in [3.05, 3.63) is 36.0 Å². The van der Waals surface area contributed by atoms with Crippen molar-refractivity contribution in [1.82, 2.24) is 25.4 Å². The Hall–Kier alpha value is -3.23. The average Bonchev–Trinajstić information content (AvgIpc) is 3.15. The number of nitrogens with zero attached hydrogens (tertiary/aromatic N) is 5. The molecule has 146 valence electrons. The summed E-state index contributed by atoms with van der Waals surface area (Å²) in [6.45, 7) is 4.53. The van der Waals surface area contributed by atoms with E-state index in [0.717, 1.165) is 17.3 Å². The molecule has 9 nitrogen and oxygen atoms in total. The first-order valence-corrected chi connectivity index (χ1v) is 9.46. The highest BCUT2D eigenvalue weighted by atomic mass is 16.2. The van der Waals surface area contributed by atoms with Crippen LogP contribution in [0.5, 0.6) is 0 Å². The summed E-state index contributed by atoms with van der Waals surface area (Å²) in [6.07, 6.45) is 1.03. The van der Waals surface area contributed by atoms with Crippen LogP contribution >= 0.6 is 0 Å². The topological polar surface area (TPSA) is 103 Å². The standard InChI is InChI=1S/C19H23N7O2/c1-13-3-2-4-15(20-13)22-16-6-7-17(24-23-16)25-9-11-26(12-10-25)19(28)14-5-8-18(27)21-14/h2-4,6-7,14H,5,8-12H2,1H3,(H,21,27)(H,20,22,23)/t14-/m0/s1. The van der Waals surface area contributed by atoms with Gasteiger partial charge in [-0.3, -0.25) is 9.59 Å². The molecule has 0 spiro atoms. The summed E-state index contributed by atoms with van der Waals surface area (Å²) in [5, 5.41) is 14.4. The fourth-order valence-electron chi connectivity index (χ4n) is 3.48. The Balaban J connectivity index is 1.32. The van der Waals surface area contributed by atoms with Gasteiger partial charge in [0.25, 0.3) is 0 Å². The molecule has 4 heterocycles. The Bertz CT molecular complexity index is 863. The van der Waals surface area contributed by atoms with Gasteiger partial charge < -0.3 is 20.4 Å². The van der Waals surface area contributed by atoms with E-state index in [2.05, 4.69) is 30.7 Å². The lowest BCUT2D eigenvalue weighted by Crippen LogP contribution is -2.53. The van der Waals surface area contributed by atoms with Crippen molar-refractivity contribution < 1.29 is 9.59 Å². The van der Waals surface area contributed by atoms with Gasteiger partial charge in [-0.05, 0) is 37.6 Å². The molecule has 2 aromatic rings. The molecule has 0 saturated carbocycles. The van der Waals surface area contributed by atoms with E-state index < -0.39 is 0 Å². The van der Waals surface area contributed by atoms with Crippen LogP contribution in [0.4, 0.5) is 17.5 Å². The molecule has 9 heteroatoms. The number of amides is 2. The zero-order chi connectivity index (χ0) is 19.5. The molecule has 4 rings (SSSR count). The molecule has 1 atom stereocenters. The Morgan fingerprint density at radius 3 is 2.57 bits per heavy atom. The van der Waals surface area contributed by atoms with E-state index in [9.17, 15) is 9.59 Å². The molecule has 2 fully saturated rings. The third kappa shape index (κ3) is 4.03. The van der Waals surface area contributed by atoms with Gasteiger partial charge in [-0.15, -0.1) is 10.2 Å². The number of hydrogen-bond acceptors (Lipinski definition) is 7. The molecule has 2 aliphatic heterocycles. The fourth-order valence-corrected chi connectivity index (χ4v) is 3.48. The SMILES string of the molecule is Cc1cccc(Nc2ccc(N3CCN(C(=O)[C@@H]4CCC(=O)N4)CC3)nn2)n1. The number of aromatic nitrogens is 3. The maximum Gasteiger partial charge on any atom is 0.245 e. The lowest BCUT2D eigenvalue weighted by Gasteiger charge is -2.36. The van der Waals surface area contributed by atoms with Gasteiger partial charge in [-0.2, -0.15) is 0 Å². The molecule has 0 unspecified atom stereocenters. The molecule has 2 aromatic heterocycles. The Kier molecular flexibility index (Phi) is 5.05. The highest BCUT2D eigenvalue weighted by molar-refractivity contribution is 5.90. The molecule has 0 aromatic carbocycles. The van der Waals surface area contributed by atoms with Crippen molar-refractivity contribution >= 4 is 29.3 Å². The predicted molar refractivity (Wildman–Crippen MR) is 104 cm³/mol. The first kappa shape index (κ1) is 18.1. The largest absolute Gasteiger partial charge is 0.352 e. The van der Waals surface area contributed by atoms with E-state index >= 15 is 0 Å². The van der Waals surface area contributed by atoms with Crippen LogP contribution in [0.15, 0.2) is 30.3 Å². The zero-order valence-electron chi connectivity index (χ0n) is 15.8. The summed E-state index contributed by atoms with van der Waals surface area (Å²) < 4.78 is 0. The number of rotatable bonds is 4. The molecule has 0 bridgehead atoms. The van der Waals surface area contributed by atoms with E-state index in [1.165, 1.54) is 0 Å². The Morgan fingerprint density at radius 2 is 1.93 bits per heavy atom. The minimum atomic E-state index is -0.362. The zero-order valence-corrected chi connectivity index (χ0v) is 15.8. The highest BCUT2D eigenvalue weighted by Gasteiger charge is 2.32. The quantitative estimate of drug-likeness (QED) is 0.809. The second kappa shape index (κ2) is 7.79. The summed E-state index contributed by atoms with van der Waals surface area (Å²) in [6, 6.07) is 9.18. The summed E-state index contributed by atoms with van der Waals surface area (Å²) >= 11 is 0. The van der Waals surface area contributed by atoms with Crippen LogP contribution in [0, 0.1) is 6.92 Å². The summed E-state index contributed by atoms with van der Waals surface area (Å²) in [5.41, 5.74) is 0.930. The second-order valence-electron chi connectivity index (χ2n) is 7.04. The number of anilines is 3. The molecule has 2 amide bonds. The van der Waals surface area contributed by atoms with Gasteiger partial charge in [0.1, 0.15) is 11.9 Å². The Morgan fingerprint density at radius 1 is 1.11 bits per heavy atom. The Labute approximate surface area is 163 Å². The number of nitrogens with one attached hydrogen (secondary N) is 2. The number of carbonyl (C=O) groups excluding carboxylic acids is 2. The number of hydrogen-bond donors (Lipinski definition) is 2. The summed E-state index contributed by atoms with van der Waals surface area (Å²) in [4.78, 5) is 32.1. The lowest BCUT2D eigenvalue weighted by atomic mass is 10.2. The molecule has 2 aliphatic rings. The average molecular weight is 381 g/mol. The first-order chi connectivity index (χ1) is 13.6. The maximum absolute atomic E-state index is 12.5. The van der Waals surface area contributed by atoms with Crippen molar-refractivity contribution in [2.45, 2.75) is 25.8 Å². The highest BCUT2D eigenvalue weighted by Crippen LogP contribution is 2.18. The van der Waals surface area contributed by atoms with Crippen LogP contribution < -0.4 is 15.5 Å². The number of pyridine rings is 1. The third-order valence-corrected chi connectivity index (χ3v) is 5.00. The number of piperazine rings is 1. The van der Waals surface area contributed by atoms with Crippen LogP contribution in [-0.4, -0.2) is 64.1 Å². The maximum atomic E-state index is 12.5. The van der Waals surface area contributed by atoms with Gasteiger partial charge in [0.05, 0.1) is 0 Å². The van der Waals surface area contributed by atoms with E-state index in [0.29, 0.717) is 44.8 Å². The van der Waals surface area contributed by atoms with Crippen LogP contribution in [0.1, 0.15) is 18.5 Å². The lowest BCUT2D eigenvalue weighted by molar-refractivity contribution is -0.134. The molecule has 0 aliphatic carbocycles. The van der Waals surface area contributed by atoms with Crippen molar-refractivity contribution in [3.63, 3.8) is 0 Å². The van der Waals surface area contributed by atoms with Gasteiger partial charge in [0, 0.05) is 38.3 Å². The number of carbonyl (C=O) groups is 2. The molecular weight excluding hydrogens is 358 g/mol. The third-order valence-electron chi connectivity index (χ3n) is 5.00. The van der Waals surface area contributed by atoms with Gasteiger partial charge in [-0.1, -0.05) is 6.07 Å². The molecule has 28 heavy (non-hydrogen) atoms. The smallest absolute Gasteiger partial charge is 0.245 e.